The van der Waals surface area contributed by atoms with Crippen LogP contribution in [0.2, 0.25) is 0 Å². The Morgan fingerprint density at radius 2 is 2.44 bits per heavy atom. The van der Waals surface area contributed by atoms with Crippen LogP contribution in [0.25, 0.3) is 10.2 Å². The number of nitrogens with zero attached hydrogens (tertiary/aromatic N) is 3. The van der Waals surface area contributed by atoms with E-state index in [-0.39, 0.29) is 0 Å². The van der Waals surface area contributed by atoms with E-state index in [2.05, 4.69) is 26.3 Å². The largest absolute Gasteiger partial charge is 0.374 e. The molecule has 2 aromatic heterocycles. The molecular formula is C11H11N3OS. The Kier molecular flexibility index (Phi) is 1.75. The third kappa shape index (κ3) is 1.13. The van der Waals surface area contributed by atoms with Gasteiger partial charge < -0.3 is 9.64 Å². The normalized spacial score (nSPS) is 28.1. The number of thiophene rings is 1. The Labute approximate surface area is 96.9 Å². The van der Waals surface area contributed by atoms with Crippen LogP contribution in [0.3, 0.4) is 0 Å². The van der Waals surface area contributed by atoms with E-state index in [1.807, 2.05) is 0 Å². The second-order valence-corrected chi connectivity index (χ2v) is 5.25. The summed E-state index contributed by atoms with van der Waals surface area (Å²) in [7, 11) is 0. The lowest BCUT2D eigenvalue weighted by atomic mass is 10.2. The summed E-state index contributed by atoms with van der Waals surface area (Å²) in [4.78, 5) is 11.1. The molecule has 2 fully saturated rings. The molecule has 5 heteroatoms. The molecule has 2 bridgehead atoms. The molecule has 0 aromatic carbocycles. The maximum atomic E-state index is 5.62. The first-order valence-electron chi connectivity index (χ1n) is 5.48. The van der Waals surface area contributed by atoms with Gasteiger partial charge in [-0.2, -0.15) is 0 Å². The molecule has 4 nitrogen and oxygen atoms in total. The zero-order valence-corrected chi connectivity index (χ0v) is 9.48. The van der Waals surface area contributed by atoms with E-state index in [0.717, 1.165) is 30.9 Å². The third-order valence-corrected chi connectivity index (χ3v) is 4.30. The predicted molar refractivity (Wildman–Crippen MR) is 62.9 cm³/mol. The van der Waals surface area contributed by atoms with Crippen molar-refractivity contribution in [3.63, 3.8) is 0 Å². The molecule has 0 saturated carbocycles. The molecule has 4 rings (SSSR count). The standard InChI is InChI=1S/C11H11N3OS/c1-2-16-10-9(1)12-6-13-11(10)14-4-8-3-7(14)5-15-8/h1-2,6-8H,3-5H2/t7-,8+/m0/s1. The lowest BCUT2D eigenvalue weighted by molar-refractivity contribution is 0.0990. The Morgan fingerprint density at radius 3 is 3.25 bits per heavy atom. The van der Waals surface area contributed by atoms with Gasteiger partial charge in [0.05, 0.1) is 29.0 Å². The number of morpholine rings is 1. The van der Waals surface area contributed by atoms with Gasteiger partial charge in [0.25, 0.3) is 0 Å². The molecular weight excluding hydrogens is 222 g/mol. The van der Waals surface area contributed by atoms with Crippen molar-refractivity contribution in [1.82, 2.24) is 9.97 Å². The lowest BCUT2D eigenvalue weighted by Crippen LogP contribution is -2.37. The van der Waals surface area contributed by atoms with Gasteiger partial charge in [-0.3, -0.25) is 0 Å². The van der Waals surface area contributed by atoms with Gasteiger partial charge in [-0.05, 0) is 17.9 Å². The Morgan fingerprint density at radius 1 is 1.44 bits per heavy atom. The molecule has 2 atom stereocenters. The van der Waals surface area contributed by atoms with Gasteiger partial charge in [0, 0.05) is 6.54 Å². The molecule has 0 spiro atoms. The van der Waals surface area contributed by atoms with Gasteiger partial charge in [0.15, 0.2) is 0 Å². The summed E-state index contributed by atoms with van der Waals surface area (Å²) in [6.07, 6.45) is 3.23. The minimum atomic E-state index is 0.412. The summed E-state index contributed by atoms with van der Waals surface area (Å²) in [6.45, 7) is 1.83. The third-order valence-electron chi connectivity index (χ3n) is 3.40. The van der Waals surface area contributed by atoms with Gasteiger partial charge in [0.2, 0.25) is 0 Å². The smallest absolute Gasteiger partial charge is 0.150 e. The number of hydrogen-bond acceptors (Lipinski definition) is 5. The number of ether oxygens (including phenoxy) is 1. The molecule has 0 amide bonds. The van der Waals surface area contributed by atoms with Crippen molar-refractivity contribution in [3.05, 3.63) is 17.8 Å². The Hall–Kier alpha value is -1.20. The minimum absolute atomic E-state index is 0.412. The summed E-state index contributed by atoms with van der Waals surface area (Å²) in [6, 6.07) is 2.57. The van der Waals surface area contributed by atoms with Crippen molar-refractivity contribution in [2.75, 3.05) is 18.1 Å². The van der Waals surface area contributed by atoms with Crippen molar-refractivity contribution in [1.29, 1.82) is 0 Å². The minimum Gasteiger partial charge on any atom is -0.374 e. The summed E-state index contributed by atoms with van der Waals surface area (Å²) in [5, 5.41) is 2.08. The van der Waals surface area contributed by atoms with E-state index in [1.165, 1.54) is 4.70 Å². The zero-order valence-electron chi connectivity index (χ0n) is 8.67. The van der Waals surface area contributed by atoms with Crippen LogP contribution in [0.4, 0.5) is 5.82 Å². The first-order chi connectivity index (χ1) is 7.92. The molecule has 2 aliphatic rings. The fourth-order valence-corrected chi connectivity index (χ4v) is 3.49. The van der Waals surface area contributed by atoms with Gasteiger partial charge >= 0.3 is 0 Å². The van der Waals surface area contributed by atoms with Crippen LogP contribution in [0, 0.1) is 0 Å². The topological polar surface area (TPSA) is 38.2 Å². The summed E-state index contributed by atoms with van der Waals surface area (Å²) >= 11 is 1.72. The first-order valence-corrected chi connectivity index (χ1v) is 6.36. The van der Waals surface area contributed by atoms with Crippen LogP contribution >= 0.6 is 11.3 Å². The molecule has 16 heavy (non-hydrogen) atoms. The van der Waals surface area contributed by atoms with E-state index in [0.29, 0.717) is 12.1 Å². The monoisotopic (exact) mass is 233 g/mol. The highest BCUT2D eigenvalue weighted by Crippen LogP contribution is 2.36. The SMILES string of the molecule is c1nc(N2C[C@H]3C[C@H]2CO3)c2sccc2n1. The molecule has 82 valence electrons. The van der Waals surface area contributed by atoms with E-state index in [9.17, 15) is 0 Å². The van der Waals surface area contributed by atoms with Crippen molar-refractivity contribution in [2.24, 2.45) is 0 Å². The number of rotatable bonds is 1. The van der Waals surface area contributed by atoms with Crippen molar-refractivity contribution >= 4 is 27.4 Å². The average Bonchev–Trinajstić information content (AvgIpc) is 3.03. The molecule has 0 unspecified atom stereocenters. The van der Waals surface area contributed by atoms with Crippen molar-refractivity contribution < 1.29 is 4.74 Å². The molecule has 4 heterocycles. The maximum Gasteiger partial charge on any atom is 0.150 e. The highest BCUT2D eigenvalue weighted by Gasteiger charge is 2.40. The quantitative estimate of drug-likeness (QED) is 0.751. The van der Waals surface area contributed by atoms with Crippen LogP contribution in [-0.4, -0.2) is 35.3 Å². The van der Waals surface area contributed by atoms with Crippen LogP contribution in [0.5, 0.6) is 0 Å². The van der Waals surface area contributed by atoms with Crippen LogP contribution < -0.4 is 4.90 Å². The van der Waals surface area contributed by atoms with Crippen LogP contribution in [0.1, 0.15) is 6.42 Å². The molecule has 2 saturated heterocycles. The Bertz CT molecular complexity index is 541. The van der Waals surface area contributed by atoms with E-state index < -0.39 is 0 Å². The lowest BCUT2D eigenvalue weighted by Gasteiger charge is -2.27. The fraction of sp³-hybridized carbons (Fsp3) is 0.455. The summed E-state index contributed by atoms with van der Waals surface area (Å²) in [5.41, 5.74) is 1.05. The first kappa shape index (κ1) is 8.90. The molecule has 2 aromatic rings. The second-order valence-electron chi connectivity index (χ2n) is 4.33. The van der Waals surface area contributed by atoms with Crippen molar-refractivity contribution in [3.8, 4) is 0 Å². The van der Waals surface area contributed by atoms with Crippen LogP contribution in [-0.2, 0) is 4.74 Å². The van der Waals surface area contributed by atoms with Gasteiger partial charge in [-0.1, -0.05) is 0 Å². The maximum absolute atomic E-state index is 5.62. The van der Waals surface area contributed by atoms with Crippen molar-refractivity contribution in [2.45, 2.75) is 18.6 Å². The van der Waals surface area contributed by atoms with Gasteiger partial charge in [0.1, 0.15) is 12.1 Å². The second kappa shape index (κ2) is 3.15. The highest BCUT2D eigenvalue weighted by molar-refractivity contribution is 7.17. The molecule has 0 aliphatic carbocycles. The highest BCUT2D eigenvalue weighted by atomic mass is 32.1. The number of hydrogen-bond donors (Lipinski definition) is 0. The fourth-order valence-electron chi connectivity index (χ4n) is 2.64. The zero-order chi connectivity index (χ0) is 10.5. The predicted octanol–water partition coefficient (Wildman–Crippen LogP) is 1.67. The molecule has 2 aliphatic heterocycles. The van der Waals surface area contributed by atoms with Gasteiger partial charge in [-0.15, -0.1) is 11.3 Å². The van der Waals surface area contributed by atoms with E-state index in [1.54, 1.807) is 17.7 Å². The van der Waals surface area contributed by atoms with Gasteiger partial charge in [-0.25, -0.2) is 9.97 Å². The summed E-state index contributed by atoms with van der Waals surface area (Å²) < 4.78 is 6.82. The van der Waals surface area contributed by atoms with Crippen LogP contribution in [0.15, 0.2) is 17.8 Å². The number of aromatic nitrogens is 2. The number of fused-ring (bicyclic) bond motifs is 3. The van der Waals surface area contributed by atoms with E-state index in [4.69, 9.17) is 4.74 Å². The van der Waals surface area contributed by atoms with E-state index >= 15 is 0 Å². The molecule has 0 N–H and O–H groups in total. The average molecular weight is 233 g/mol. The Balaban J connectivity index is 1.84. The number of anilines is 1. The molecule has 0 radical (unpaired) electrons. The summed E-state index contributed by atoms with van der Waals surface area (Å²) in [5.74, 6) is 1.09.